The first-order chi connectivity index (χ1) is 25.2. The lowest BCUT2D eigenvalue weighted by Crippen LogP contribution is -2.50. The first kappa shape index (κ1) is 50.5. The predicted molar refractivity (Wildman–Crippen MR) is 222 cm³/mol. The van der Waals surface area contributed by atoms with Crippen LogP contribution in [-0.4, -0.2) is 53.1 Å². The summed E-state index contributed by atoms with van der Waals surface area (Å²) in [6.45, 7) is 4.50. The number of hydrogen-bond acceptors (Lipinski definition) is 5. The van der Waals surface area contributed by atoms with Gasteiger partial charge in [0.05, 0.1) is 17.9 Å². The first-order valence-electron chi connectivity index (χ1n) is 21.8. The highest BCUT2D eigenvalue weighted by Gasteiger charge is 2.27. The van der Waals surface area contributed by atoms with Crippen LogP contribution in [0.1, 0.15) is 213 Å². The smallest absolute Gasteiger partial charge is 0.267 e. The average molecular weight is 754 g/mol. The molecule has 0 aromatic heterocycles. The van der Waals surface area contributed by atoms with E-state index in [1.54, 1.807) is 6.08 Å². The van der Waals surface area contributed by atoms with Gasteiger partial charge < -0.3 is 15.5 Å². The average Bonchev–Trinajstić information content (AvgIpc) is 3.11. The van der Waals surface area contributed by atoms with Crippen molar-refractivity contribution in [1.29, 1.82) is 0 Å². The Morgan fingerprint density at radius 2 is 0.904 bits per heavy atom. The van der Waals surface area contributed by atoms with E-state index in [2.05, 4.69) is 43.5 Å². The minimum Gasteiger partial charge on any atom is -0.387 e. The van der Waals surface area contributed by atoms with E-state index in [1.807, 2.05) is 0 Å². The number of allylic oxidation sites excluding steroid dienone is 5. The van der Waals surface area contributed by atoms with Gasteiger partial charge >= 0.3 is 0 Å². The van der Waals surface area contributed by atoms with Gasteiger partial charge in [-0.1, -0.05) is 198 Å². The van der Waals surface area contributed by atoms with Crippen LogP contribution in [0, 0.1) is 0 Å². The third-order valence-corrected chi connectivity index (χ3v) is 10.7. The van der Waals surface area contributed by atoms with E-state index in [0.717, 1.165) is 64.2 Å². The van der Waals surface area contributed by atoms with E-state index in [-0.39, 0.29) is 6.42 Å². The molecule has 0 aliphatic heterocycles. The van der Waals surface area contributed by atoms with Crippen LogP contribution in [-0.2, 0) is 14.9 Å². The van der Waals surface area contributed by atoms with Gasteiger partial charge in [-0.15, -0.1) is 0 Å². The van der Waals surface area contributed by atoms with Crippen molar-refractivity contribution in [2.75, 3.05) is 5.75 Å². The number of aliphatic hydroxyl groups excluding tert-OH is 2. The number of carbonyl (C=O) groups excluding carboxylic acids is 1. The molecule has 0 radical (unpaired) electrons. The van der Waals surface area contributed by atoms with E-state index in [0.29, 0.717) is 6.42 Å². The SMILES string of the molecule is CCCCCCCCCCC/C=C\C/C=C\CCCCCCCCC(O)C(=O)NC(CS(=O)(=O)O)C(O)/C=C/CCCCCCCCCCCCC. The molecule has 0 aliphatic carbocycles. The lowest BCUT2D eigenvalue weighted by Gasteiger charge is -2.22. The zero-order valence-corrected chi connectivity index (χ0v) is 34.6. The molecule has 7 nitrogen and oxygen atoms in total. The molecule has 0 spiro atoms. The summed E-state index contributed by atoms with van der Waals surface area (Å²) in [6, 6.07) is -1.24. The molecule has 306 valence electrons. The summed E-state index contributed by atoms with van der Waals surface area (Å²) in [4.78, 5) is 12.6. The molecule has 3 atom stereocenters. The molecule has 0 aliphatic rings. The summed E-state index contributed by atoms with van der Waals surface area (Å²) in [6.07, 6.45) is 46.3. The molecule has 3 unspecified atom stereocenters. The van der Waals surface area contributed by atoms with E-state index < -0.39 is 40.0 Å². The molecular weight excluding hydrogens is 671 g/mol. The number of rotatable bonds is 39. The zero-order chi connectivity index (χ0) is 38.4. The van der Waals surface area contributed by atoms with Crippen LogP contribution in [0.25, 0.3) is 0 Å². The fourth-order valence-corrected chi connectivity index (χ4v) is 7.28. The monoisotopic (exact) mass is 754 g/mol. The van der Waals surface area contributed by atoms with Gasteiger partial charge in [0.1, 0.15) is 6.10 Å². The van der Waals surface area contributed by atoms with Gasteiger partial charge in [0.2, 0.25) is 5.91 Å². The van der Waals surface area contributed by atoms with E-state index in [9.17, 15) is 28.0 Å². The van der Waals surface area contributed by atoms with Crippen molar-refractivity contribution in [3.05, 3.63) is 36.5 Å². The summed E-state index contributed by atoms with van der Waals surface area (Å²) >= 11 is 0. The first-order valence-corrected chi connectivity index (χ1v) is 23.4. The van der Waals surface area contributed by atoms with Crippen LogP contribution in [0.15, 0.2) is 36.5 Å². The number of unbranched alkanes of at least 4 members (excludes halogenated alkanes) is 26. The Labute approximate surface area is 321 Å². The largest absolute Gasteiger partial charge is 0.387 e. The number of nitrogens with one attached hydrogen (secondary N) is 1. The quantitative estimate of drug-likeness (QED) is 0.0281. The topological polar surface area (TPSA) is 124 Å². The fourth-order valence-electron chi connectivity index (χ4n) is 6.55. The van der Waals surface area contributed by atoms with Gasteiger partial charge in [0.15, 0.2) is 0 Å². The van der Waals surface area contributed by atoms with Crippen LogP contribution in [0.2, 0.25) is 0 Å². The molecule has 0 saturated carbocycles. The Morgan fingerprint density at radius 1 is 0.538 bits per heavy atom. The fraction of sp³-hybridized carbons (Fsp3) is 0.841. The Kier molecular flexibility index (Phi) is 36.7. The van der Waals surface area contributed by atoms with Crippen molar-refractivity contribution < 1.29 is 28.0 Å². The zero-order valence-electron chi connectivity index (χ0n) is 33.8. The van der Waals surface area contributed by atoms with Crippen molar-refractivity contribution in [3.63, 3.8) is 0 Å². The molecule has 0 aromatic carbocycles. The van der Waals surface area contributed by atoms with Crippen molar-refractivity contribution in [2.45, 2.75) is 231 Å². The Bertz CT molecular complexity index is 979. The maximum Gasteiger partial charge on any atom is 0.267 e. The molecule has 0 heterocycles. The van der Waals surface area contributed by atoms with Crippen LogP contribution < -0.4 is 5.32 Å². The summed E-state index contributed by atoms with van der Waals surface area (Å²) in [7, 11) is -4.44. The van der Waals surface area contributed by atoms with Gasteiger partial charge in [-0.25, -0.2) is 0 Å². The molecule has 0 rings (SSSR count). The highest BCUT2D eigenvalue weighted by Crippen LogP contribution is 2.14. The molecule has 8 heteroatoms. The second-order valence-corrected chi connectivity index (χ2v) is 16.6. The molecule has 0 bridgehead atoms. The van der Waals surface area contributed by atoms with Crippen LogP contribution in [0.3, 0.4) is 0 Å². The maximum absolute atomic E-state index is 12.6. The minimum absolute atomic E-state index is 0.268. The Hall–Kier alpha value is -1.48. The van der Waals surface area contributed by atoms with Gasteiger partial charge in [0, 0.05) is 0 Å². The van der Waals surface area contributed by atoms with Gasteiger partial charge in [-0.2, -0.15) is 8.42 Å². The van der Waals surface area contributed by atoms with Crippen molar-refractivity contribution in [1.82, 2.24) is 5.32 Å². The lowest BCUT2D eigenvalue weighted by atomic mass is 10.0. The lowest BCUT2D eigenvalue weighted by molar-refractivity contribution is -0.130. The second kappa shape index (κ2) is 37.8. The summed E-state index contributed by atoms with van der Waals surface area (Å²) in [5, 5.41) is 23.4. The highest BCUT2D eigenvalue weighted by molar-refractivity contribution is 7.85. The number of carbonyl (C=O) groups is 1. The summed E-state index contributed by atoms with van der Waals surface area (Å²) < 4.78 is 32.5. The van der Waals surface area contributed by atoms with E-state index in [4.69, 9.17) is 0 Å². The number of hydrogen-bond donors (Lipinski definition) is 4. The predicted octanol–water partition coefficient (Wildman–Crippen LogP) is 11.9. The molecule has 4 N–H and O–H groups in total. The minimum atomic E-state index is -4.44. The molecule has 52 heavy (non-hydrogen) atoms. The van der Waals surface area contributed by atoms with Gasteiger partial charge in [-0.05, 0) is 51.4 Å². The Morgan fingerprint density at radius 3 is 1.31 bits per heavy atom. The molecule has 0 aromatic rings. The third-order valence-electron chi connectivity index (χ3n) is 9.92. The summed E-state index contributed by atoms with van der Waals surface area (Å²) in [5.41, 5.74) is 0. The normalized spacial score (nSPS) is 14.2. The van der Waals surface area contributed by atoms with Crippen molar-refractivity contribution in [3.8, 4) is 0 Å². The van der Waals surface area contributed by atoms with Crippen LogP contribution in [0.4, 0.5) is 0 Å². The standard InChI is InChI=1S/C44H83NO6S/c1-3-5-7-9-11-13-15-17-18-19-20-21-22-23-24-25-27-29-31-33-35-37-39-43(47)44(48)45-41(40-52(49,50)51)42(46)38-36-34-32-30-28-26-16-14-12-10-8-6-4-2/h20-21,23-24,36,38,41-43,46-47H,3-19,22,25-35,37,39-40H2,1-2H3,(H,45,48)(H,49,50,51)/b21-20-,24-23-,38-36+. The summed E-state index contributed by atoms with van der Waals surface area (Å²) in [5.74, 6) is -1.54. The van der Waals surface area contributed by atoms with Gasteiger partial charge in [0.25, 0.3) is 10.1 Å². The van der Waals surface area contributed by atoms with Crippen LogP contribution in [0.5, 0.6) is 0 Å². The third kappa shape index (κ3) is 36.9. The van der Waals surface area contributed by atoms with Crippen LogP contribution >= 0.6 is 0 Å². The van der Waals surface area contributed by atoms with E-state index in [1.165, 1.54) is 128 Å². The van der Waals surface area contributed by atoms with Crippen molar-refractivity contribution in [2.24, 2.45) is 0 Å². The molecule has 0 saturated heterocycles. The maximum atomic E-state index is 12.6. The van der Waals surface area contributed by atoms with E-state index >= 15 is 0 Å². The van der Waals surface area contributed by atoms with Crippen molar-refractivity contribution >= 4 is 16.0 Å². The number of amides is 1. The molecule has 0 fully saturated rings. The number of aliphatic hydroxyl groups is 2. The molecule has 1 amide bonds. The second-order valence-electron chi connectivity index (χ2n) is 15.1. The Balaban J connectivity index is 3.99. The van der Waals surface area contributed by atoms with Gasteiger partial charge in [-0.3, -0.25) is 9.35 Å². The molecular formula is C44H83NO6S. The highest BCUT2D eigenvalue weighted by atomic mass is 32.2.